The lowest BCUT2D eigenvalue weighted by Gasteiger charge is -2.09. The number of nitrogens with zero attached hydrogens (tertiary/aromatic N) is 2. The van der Waals surface area contributed by atoms with Gasteiger partial charge in [0.2, 0.25) is 10.0 Å². The minimum absolute atomic E-state index is 0.0726. The molecule has 2 aromatic rings. The fraction of sp³-hybridized carbons (Fsp3) is 0.273. The molecule has 7 nitrogen and oxygen atoms in total. The van der Waals surface area contributed by atoms with Crippen LogP contribution in [0, 0.1) is 5.82 Å². The van der Waals surface area contributed by atoms with Gasteiger partial charge in [-0.15, -0.1) is 0 Å². The van der Waals surface area contributed by atoms with Gasteiger partial charge in [0.25, 0.3) is 0 Å². The summed E-state index contributed by atoms with van der Waals surface area (Å²) >= 11 is 5.59. The van der Waals surface area contributed by atoms with Gasteiger partial charge in [0.05, 0.1) is 5.02 Å². The van der Waals surface area contributed by atoms with Crippen molar-refractivity contribution in [3.05, 3.63) is 35.1 Å². The summed E-state index contributed by atoms with van der Waals surface area (Å²) in [5.41, 5.74) is 5.55. The maximum absolute atomic E-state index is 13.8. The molecule has 0 aliphatic rings. The number of anilines is 1. The second kappa shape index (κ2) is 6.37. The molecule has 0 saturated heterocycles. The number of aryl methyl sites for hydroxylation is 1. The molecule has 114 valence electrons. The van der Waals surface area contributed by atoms with Crippen LogP contribution in [0.3, 0.4) is 0 Å². The SMILES string of the molecule is Nc1cc(Cl)c(F)c(S(=O)(=O)NCCCc2ncn[nH]2)c1. The van der Waals surface area contributed by atoms with E-state index in [2.05, 4.69) is 19.9 Å². The second-order valence-corrected chi connectivity index (χ2v) is 6.39. The quantitative estimate of drug-likeness (QED) is 0.541. The van der Waals surface area contributed by atoms with Crippen molar-refractivity contribution in [2.75, 3.05) is 12.3 Å². The highest BCUT2D eigenvalue weighted by Crippen LogP contribution is 2.25. The average molecular weight is 334 g/mol. The van der Waals surface area contributed by atoms with Crippen molar-refractivity contribution in [3.63, 3.8) is 0 Å². The molecule has 0 spiro atoms. The van der Waals surface area contributed by atoms with Gasteiger partial charge in [0.15, 0.2) is 5.82 Å². The molecule has 0 fully saturated rings. The zero-order valence-corrected chi connectivity index (χ0v) is 12.4. The molecule has 0 unspecified atom stereocenters. The smallest absolute Gasteiger partial charge is 0.243 e. The number of halogens is 2. The molecule has 0 aliphatic carbocycles. The Morgan fingerprint density at radius 2 is 2.19 bits per heavy atom. The normalized spacial score (nSPS) is 11.7. The third kappa shape index (κ3) is 3.90. The van der Waals surface area contributed by atoms with E-state index in [0.717, 1.165) is 12.1 Å². The van der Waals surface area contributed by atoms with E-state index in [1.165, 1.54) is 6.33 Å². The summed E-state index contributed by atoms with van der Waals surface area (Å²) in [4.78, 5) is 3.35. The van der Waals surface area contributed by atoms with Crippen LogP contribution >= 0.6 is 11.6 Å². The second-order valence-electron chi connectivity index (χ2n) is 4.25. The number of aromatic amines is 1. The Morgan fingerprint density at radius 1 is 1.43 bits per heavy atom. The minimum Gasteiger partial charge on any atom is -0.399 e. The van der Waals surface area contributed by atoms with Crippen LogP contribution in [-0.2, 0) is 16.4 Å². The molecule has 1 heterocycles. The highest BCUT2D eigenvalue weighted by molar-refractivity contribution is 7.89. The molecule has 0 saturated carbocycles. The lowest BCUT2D eigenvalue weighted by Crippen LogP contribution is -2.26. The van der Waals surface area contributed by atoms with Gasteiger partial charge < -0.3 is 5.73 Å². The number of H-pyrrole nitrogens is 1. The summed E-state index contributed by atoms with van der Waals surface area (Å²) < 4.78 is 40.1. The number of rotatable bonds is 6. The summed E-state index contributed by atoms with van der Waals surface area (Å²) in [6, 6.07) is 2.18. The number of nitrogens with two attached hydrogens (primary N) is 1. The van der Waals surface area contributed by atoms with Crippen LogP contribution in [0.2, 0.25) is 5.02 Å². The van der Waals surface area contributed by atoms with Crippen LogP contribution < -0.4 is 10.5 Å². The summed E-state index contributed by atoms with van der Waals surface area (Å²) in [7, 11) is -4.01. The van der Waals surface area contributed by atoms with Gasteiger partial charge in [-0.2, -0.15) is 5.10 Å². The van der Waals surface area contributed by atoms with E-state index in [9.17, 15) is 12.8 Å². The van der Waals surface area contributed by atoms with E-state index in [0.29, 0.717) is 18.7 Å². The van der Waals surface area contributed by atoms with Gasteiger partial charge in [0, 0.05) is 18.7 Å². The minimum atomic E-state index is -4.01. The van der Waals surface area contributed by atoms with E-state index >= 15 is 0 Å². The zero-order valence-electron chi connectivity index (χ0n) is 10.8. The Labute approximate surface area is 125 Å². The van der Waals surface area contributed by atoms with Crippen molar-refractivity contribution in [2.24, 2.45) is 0 Å². The van der Waals surface area contributed by atoms with Crippen LogP contribution in [0.25, 0.3) is 0 Å². The highest BCUT2D eigenvalue weighted by atomic mass is 35.5. The molecule has 0 amide bonds. The predicted molar refractivity (Wildman–Crippen MR) is 75.7 cm³/mol. The van der Waals surface area contributed by atoms with Gasteiger partial charge in [-0.1, -0.05) is 11.6 Å². The molecule has 0 bridgehead atoms. The van der Waals surface area contributed by atoms with Crippen LogP contribution in [0.15, 0.2) is 23.4 Å². The molecule has 21 heavy (non-hydrogen) atoms. The lowest BCUT2D eigenvalue weighted by molar-refractivity contribution is 0.555. The number of benzene rings is 1. The average Bonchev–Trinajstić information content (AvgIpc) is 2.92. The van der Waals surface area contributed by atoms with E-state index in [4.69, 9.17) is 17.3 Å². The first-order chi connectivity index (χ1) is 9.90. The van der Waals surface area contributed by atoms with Gasteiger partial charge >= 0.3 is 0 Å². The van der Waals surface area contributed by atoms with Crippen molar-refractivity contribution in [3.8, 4) is 0 Å². The summed E-state index contributed by atoms with van der Waals surface area (Å²) in [5.74, 6) is -0.374. The Morgan fingerprint density at radius 3 is 2.86 bits per heavy atom. The molecule has 1 aromatic carbocycles. The number of nitrogens with one attached hydrogen (secondary N) is 2. The summed E-state index contributed by atoms with van der Waals surface area (Å²) in [5, 5.41) is 6.00. The van der Waals surface area contributed by atoms with Gasteiger partial charge in [-0.3, -0.25) is 5.10 Å². The van der Waals surface area contributed by atoms with Crippen molar-refractivity contribution < 1.29 is 12.8 Å². The molecule has 10 heteroatoms. The number of sulfonamides is 1. The first kappa shape index (κ1) is 15.7. The Hall–Kier alpha value is -1.71. The summed E-state index contributed by atoms with van der Waals surface area (Å²) in [6.07, 6.45) is 2.36. The Bertz CT molecular complexity index is 720. The first-order valence-electron chi connectivity index (χ1n) is 5.98. The Kier molecular flexibility index (Phi) is 4.76. The van der Waals surface area contributed by atoms with Crippen molar-refractivity contribution >= 4 is 27.3 Å². The molecule has 0 radical (unpaired) electrons. The fourth-order valence-electron chi connectivity index (χ4n) is 1.67. The van der Waals surface area contributed by atoms with Crippen LogP contribution in [-0.4, -0.2) is 30.1 Å². The van der Waals surface area contributed by atoms with Gasteiger partial charge in [-0.05, 0) is 18.6 Å². The van der Waals surface area contributed by atoms with Crippen LogP contribution in [0.5, 0.6) is 0 Å². The fourth-order valence-corrected chi connectivity index (χ4v) is 3.16. The maximum atomic E-state index is 13.8. The lowest BCUT2D eigenvalue weighted by atomic mass is 10.3. The van der Waals surface area contributed by atoms with Crippen molar-refractivity contribution in [1.29, 1.82) is 0 Å². The van der Waals surface area contributed by atoms with Crippen molar-refractivity contribution in [1.82, 2.24) is 19.9 Å². The molecule has 2 rings (SSSR count). The number of aromatic nitrogens is 3. The molecule has 0 aliphatic heterocycles. The molecular weight excluding hydrogens is 321 g/mol. The monoisotopic (exact) mass is 333 g/mol. The van der Waals surface area contributed by atoms with Gasteiger partial charge in [-0.25, -0.2) is 22.5 Å². The standard InChI is InChI=1S/C11H13ClFN5O2S/c12-8-4-7(14)5-9(11(8)13)21(19,20)17-3-1-2-10-15-6-16-18-10/h4-6,17H,1-3,14H2,(H,15,16,18). The van der Waals surface area contributed by atoms with E-state index in [1.54, 1.807) is 0 Å². The van der Waals surface area contributed by atoms with E-state index < -0.39 is 20.7 Å². The largest absolute Gasteiger partial charge is 0.399 e. The molecule has 0 atom stereocenters. The molecule has 1 aromatic heterocycles. The number of hydrogen-bond acceptors (Lipinski definition) is 5. The third-order valence-electron chi connectivity index (χ3n) is 2.65. The number of hydrogen-bond donors (Lipinski definition) is 3. The highest BCUT2D eigenvalue weighted by Gasteiger charge is 2.21. The molecule has 4 N–H and O–H groups in total. The predicted octanol–water partition coefficient (Wildman–Crippen LogP) is 1.09. The summed E-state index contributed by atoms with van der Waals surface area (Å²) in [6.45, 7) is 0.120. The topological polar surface area (TPSA) is 114 Å². The van der Waals surface area contributed by atoms with E-state index in [-0.39, 0.29) is 17.3 Å². The third-order valence-corrected chi connectivity index (χ3v) is 4.39. The Balaban J connectivity index is 2.02. The number of nitrogen functional groups attached to an aromatic ring is 1. The maximum Gasteiger partial charge on any atom is 0.243 e. The van der Waals surface area contributed by atoms with Gasteiger partial charge in [0.1, 0.15) is 17.0 Å². The zero-order chi connectivity index (χ0) is 15.5. The van der Waals surface area contributed by atoms with Crippen LogP contribution in [0.4, 0.5) is 10.1 Å². The van der Waals surface area contributed by atoms with Crippen LogP contribution in [0.1, 0.15) is 12.2 Å². The molecular formula is C11H13ClFN5O2S. The van der Waals surface area contributed by atoms with Crippen molar-refractivity contribution in [2.45, 2.75) is 17.7 Å². The van der Waals surface area contributed by atoms with E-state index in [1.807, 2.05) is 0 Å². The first-order valence-corrected chi connectivity index (χ1v) is 7.84.